The molecule has 4 nitrogen and oxygen atoms in total. The molecular weight excluding hydrogens is 226 g/mol. The van der Waals surface area contributed by atoms with Crippen molar-refractivity contribution >= 4 is 0 Å². The number of hydrogen-bond acceptors (Lipinski definition) is 3. The lowest BCUT2D eigenvalue weighted by atomic mass is 10.1. The molecule has 0 aliphatic rings. The first-order valence-corrected chi connectivity index (χ1v) is 7.23. The molecule has 2 N–H and O–H groups in total. The van der Waals surface area contributed by atoms with Gasteiger partial charge in [-0.15, -0.1) is 0 Å². The zero-order valence-corrected chi connectivity index (χ0v) is 13.1. The minimum Gasteiger partial charge on any atom is -0.392 e. The smallest absolute Gasteiger partial charge is 0.0911 e. The number of aliphatic hydroxyl groups is 1. The van der Waals surface area contributed by atoms with Gasteiger partial charge < -0.3 is 19.8 Å². The fourth-order valence-corrected chi connectivity index (χ4v) is 1.77. The Morgan fingerprint density at radius 2 is 1.89 bits per heavy atom. The molecule has 0 fully saturated rings. The summed E-state index contributed by atoms with van der Waals surface area (Å²) in [6, 6.07) is 0. The lowest BCUT2D eigenvalue weighted by Crippen LogP contribution is -2.48. The van der Waals surface area contributed by atoms with Crippen molar-refractivity contribution in [3.8, 4) is 0 Å². The van der Waals surface area contributed by atoms with Crippen molar-refractivity contribution in [2.45, 2.75) is 32.3 Å². The highest BCUT2D eigenvalue weighted by Gasteiger charge is 2.14. The third-order valence-electron chi connectivity index (χ3n) is 3.32. The fraction of sp³-hybridized carbons (Fsp3) is 1.00. The molecule has 0 saturated carbocycles. The van der Waals surface area contributed by atoms with E-state index in [1.165, 1.54) is 0 Å². The highest BCUT2D eigenvalue weighted by atomic mass is 16.3. The lowest BCUT2D eigenvalue weighted by Gasteiger charge is -2.31. The summed E-state index contributed by atoms with van der Waals surface area (Å²) in [4.78, 5) is 2.22. The summed E-state index contributed by atoms with van der Waals surface area (Å²) in [7, 11) is 8.75. The summed E-state index contributed by atoms with van der Waals surface area (Å²) in [5, 5.41) is 13.1. The van der Waals surface area contributed by atoms with Crippen LogP contribution in [0.25, 0.3) is 0 Å². The summed E-state index contributed by atoms with van der Waals surface area (Å²) in [6.07, 6.45) is 3.02. The first kappa shape index (κ1) is 17.8. The number of likely N-dealkylation sites (N-methyl/N-ethyl adjacent to an activating group) is 2. The van der Waals surface area contributed by atoms with Gasteiger partial charge in [-0.05, 0) is 20.5 Å². The van der Waals surface area contributed by atoms with Gasteiger partial charge in [-0.2, -0.15) is 0 Å². The molecule has 0 aromatic carbocycles. The highest BCUT2D eigenvalue weighted by Crippen LogP contribution is 1.99. The molecule has 0 aromatic rings. The quantitative estimate of drug-likeness (QED) is 0.425. The van der Waals surface area contributed by atoms with Gasteiger partial charge in [0.1, 0.15) is 0 Å². The largest absolute Gasteiger partial charge is 0.392 e. The zero-order valence-electron chi connectivity index (χ0n) is 13.1. The Kier molecular flexibility index (Phi) is 9.64. The van der Waals surface area contributed by atoms with Gasteiger partial charge in [0.25, 0.3) is 0 Å². The van der Waals surface area contributed by atoms with Gasteiger partial charge in [-0.3, -0.25) is 0 Å². The van der Waals surface area contributed by atoms with Crippen LogP contribution in [0.3, 0.4) is 0 Å². The Labute approximate surface area is 114 Å². The standard InChI is InChI=1S/C14H34N3O/c1-6-7-8-14(18)13-15-9-11-17(4,5)12-10-16(2)3/h14-15,18H,6-13H2,1-5H3/q+1. The topological polar surface area (TPSA) is 35.5 Å². The maximum absolute atomic E-state index is 9.71. The summed E-state index contributed by atoms with van der Waals surface area (Å²) >= 11 is 0. The van der Waals surface area contributed by atoms with E-state index in [2.05, 4.69) is 45.3 Å². The van der Waals surface area contributed by atoms with E-state index >= 15 is 0 Å². The van der Waals surface area contributed by atoms with Crippen molar-refractivity contribution in [2.24, 2.45) is 0 Å². The van der Waals surface area contributed by atoms with Crippen LogP contribution in [-0.4, -0.2) is 81.5 Å². The fourth-order valence-electron chi connectivity index (χ4n) is 1.77. The van der Waals surface area contributed by atoms with Gasteiger partial charge in [0, 0.05) is 19.6 Å². The Morgan fingerprint density at radius 1 is 1.22 bits per heavy atom. The van der Waals surface area contributed by atoms with E-state index in [4.69, 9.17) is 0 Å². The second-order valence-corrected chi connectivity index (χ2v) is 6.19. The van der Waals surface area contributed by atoms with Crippen LogP contribution in [0.15, 0.2) is 0 Å². The summed E-state index contributed by atoms with van der Waals surface area (Å²) in [6.45, 7) is 7.25. The Bertz CT molecular complexity index is 195. The number of rotatable bonds is 11. The molecule has 0 heterocycles. The average molecular weight is 260 g/mol. The first-order chi connectivity index (χ1) is 8.37. The molecule has 0 radical (unpaired) electrons. The predicted octanol–water partition coefficient (Wildman–Crippen LogP) is 0.765. The van der Waals surface area contributed by atoms with Gasteiger partial charge in [-0.25, -0.2) is 0 Å². The molecule has 0 aromatic heterocycles. The maximum Gasteiger partial charge on any atom is 0.0911 e. The monoisotopic (exact) mass is 260 g/mol. The summed E-state index contributed by atoms with van der Waals surface area (Å²) in [5.41, 5.74) is 0. The molecule has 1 atom stereocenters. The van der Waals surface area contributed by atoms with Crippen LogP contribution in [0.5, 0.6) is 0 Å². The van der Waals surface area contributed by atoms with Crippen molar-refractivity contribution in [3.63, 3.8) is 0 Å². The van der Waals surface area contributed by atoms with E-state index in [-0.39, 0.29) is 6.10 Å². The average Bonchev–Trinajstić information content (AvgIpc) is 2.30. The molecule has 1 unspecified atom stereocenters. The molecular formula is C14H34N3O+. The van der Waals surface area contributed by atoms with Crippen LogP contribution in [0, 0.1) is 0 Å². The minimum atomic E-state index is -0.178. The molecule has 0 spiro atoms. The number of nitrogens with one attached hydrogen (secondary N) is 1. The third-order valence-corrected chi connectivity index (χ3v) is 3.32. The Balaban J connectivity index is 3.57. The summed E-state index contributed by atoms with van der Waals surface area (Å²) in [5.74, 6) is 0. The number of unbranched alkanes of at least 4 members (excludes halogenated alkanes) is 1. The molecule has 0 aliphatic carbocycles. The predicted molar refractivity (Wildman–Crippen MR) is 78.8 cm³/mol. The van der Waals surface area contributed by atoms with Crippen molar-refractivity contribution in [3.05, 3.63) is 0 Å². The molecule has 0 amide bonds. The SMILES string of the molecule is CCCCC(O)CNCC[N+](C)(C)CCN(C)C. The van der Waals surface area contributed by atoms with Crippen LogP contribution >= 0.6 is 0 Å². The Morgan fingerprint density at radius 3 is 2.44 bits per heavy atom. The molecule has 0 bridgehead atoms. The van der Waals surface area contributed by atoms with Crippen molar-refractivity contribution in [1.82, 2.24) is 10.2 Å². The third kappa shape index (κ3) is 11.0. The van der Waals surface area contributed by atoms with Crippen molar-refractivity contribution in [2.75, 3.05) is 60.9 Å². The molecule has 110 valence electrons. The maximum atomic E-state index is 9.71. The number of quaternary nitrogens is 1. The van der Waals surface area contributed by atoms with Gasteiger partial charge in [-0.1, -0.05) is 19.8 Å². The van der Waals surface area contributed by atoms with E-state index in [9.17, 15) is 5.11 Å². The van der Waals surface area contributed by atoms with Crippen LogP contribution in [0.4, 0.5) is 0 Å². The molecule has 18 heavy (non-hydrogen) atoms. The van der Waals surface area contributed by atoms with Crippen LogP contribution < -0.4 is 5.32 Å². The van der Waals surface area contributed by atoms with Gasteiger partial charge in [0.2, 0.25) is 0 Å². The molecule has 4 heteroatoms. The van der Waals surface area contributed by atoms with E-state index in [0.717, 1.165) is 56.5 Å². The van der Waals surface area contributed by atoms with E-state index in [0.29, 0.717) is 0 Å². The van der Waals surface area contributed by atoms with Crippen molar-refractivity contribution < 1.29 is 9.59 Å². The van der Waals surface area contributed by atoms with E-state index in [1.54, 1.807) is 0 Å². The normalized spacial score (nSPS) is 14.2. The number of aliphatic hydroxyl groups excluding tert-OH is 1. The lowest BCUT2D eigenvalue weighted by molar-refractivity contribution is -0.888. The van der Waals surface area contributed by atoms with Gasteiger partial charge in [0.05, 0.1) is 33.3 Å². The first-order valence-electron chi connectivity index (χ1n) is 7.23. The van der Waals surface area contributed by atoms with Crippen LogP contribution in [0.2, 0.25) is 0 Å². The highest BCUT2D eigenvalue weighted by molar-refractivity contribution is 4.59. The summed E-state index contributed by atoms with van der Waals surface area (Å²) < 4.78 is 1.02. The second-order valence-electron chi connectivity index (χ2n) is 6.19. The Hall–Kier alpha value is -0.160. The number of hydrogen-bond donors (Lipinski definition) is 2. The van der Waals surface area contributed by atoms with Crippen LogP contribution in [0.1, 0.15) is 26.2 Å². The van der Waals surface area contributed by atoms with E-state index in [1.807, 2.05) is 0 Å². The van der Waals surface area contributed by atoms with E-state index < -0.39 is 0 Å². The minimum absolute atomic E-state index is 0.178. The van der Waals surface area contributed by atoms with Gasteiger partial charge >= 0.3 is 0 Å². The molecule has 0 aliphatic heterocycles. The molecule has 0 rings (SSSR count). The second kappa shape index (κ2) is 9.73. The van der Waals surface area contributed by atoms with Gasteiger partial charge in [0.15, 0.2) is 0 Å². The molecule has 0 saturated heterocycles. The zero-order chi connectivity index (χ0) is 14.0. The number of nitrogens with zero attached hydrogens (tertiary/aromatic N) is 2. The van der Waals surface area contributed by atoms with Crippen LogP contribution in [-0.2, 0) is 0 Å². The van der Waals surface area contributed by atoms with Crippen molar-refractivity contribution in [1.29, 1.82) is 0 Å².